The normalized spacial score (nSPS) is 21.0. The molecule has 4 nitrogen and oxygen atoms in total. The number of ketones is 1. The molecule has 0 aromatic rings. The summed E-state index contributed by atoms with van der Waals surface area (Å²) in [5, 5.41) is 0. The summed E-state index contributed by atoms with van der Waals surface area (Å²) < 4.78 is 9.10. The molecule has 0 radical (unpaired) electrons. The summed E-state index contributed by atoms with van der Waals surface area (Å²) in [6.45, 7) is 0.717. The quantitative estimate of drug-likeness (QED) is 0.326. The molecule has 4 heteroatoms. The standard InChI is InChI=1S/C7H10O4/c1-10-7(9)6(8)3-2-5-4-11-5/h5H,2-4H2,1H3. The summed E-state index contributed by atoms with van der Waals surface area (Å²) in [7, 11) is 1.20. The number of hydrogen-bond donors (Lipinski definition) is 0. The minimum atomic E-state index is -0.759. The first-order valence-electron chi connectivity index (χ1n) is 3.47. The number of ether oxygens (including phenoxy) is 2. The Morgan fingerprint density at radius 3 is 2.73 bits per heavy atom. The first-order valence-corrected chi connectivity index (χ1v) is 3.47. The van der Waals surface area contributed by atoms with Crippen molar-refractivity contribution in [2.75, 3.05) is 13.7 Å². The number of epoxide rings is 1. The van der Waals surface area contributed by atoms with Gasteiger partial charge in [-0.2, -0.15) is 0 Å². The Morgan fingerprint density at radius 2 is 2.27 bits per heavy atom. The predicted molar refractivity (Wildman–Crippen MR) is 36.0 cm³/mol. The SMILES string of the molecule is COC(=O)C(=O)CCC1CO1. The highest BCUT2D eigenvalue weighted by molar-refractivity contribution is 6.33. The van der Waals surface area contributed by atoms with E-state index in [2.05, 4.69) is 4.74 Å². The lowest BCUT2D eigenvalue weighted by Gasteiger charge is -1.95. The zero-order valence-corrected chi connectivity index (χ0v) is 6.33. The maximum atomic E-state index is 10.8. The van der Waals surface area contributed by atoms with E-state index in [-0.39, 0.29) is 12.5 Å². The zero-order valence-electron chi connectivity index (χ0n) is 6.33. The summed E-state index contributed by atoms with van der Waals surface area (Å²) in [6.07, 6.45) is 1.06. The Balaban J connectivity index is 2.13. The molecular weight excluding hydrogens is 148 g/mol. The third-order valence-electron chi connectivity index (χ3n) is 1.51. The molecule has 0 aliphatic carbocycles. The average Bonchev–Trinajstić information content (AvgIpc) is 2.81. The van der Waals surface area contributed by atoms with Crippen molar-refractivity contribution in [2.45, 2.75) is 18.9 Å². The molecule has 0 aromatic carbocycles. The number of Topliss-reactive ketones (excluding diaryl/α,β-unsaturated/α-hetero) is 1. The lowest BCUT2D eigenvalue weighted by atomic mass is 10.2. The number of carbonyl (C=O) groups excluding carboxylic acids is 2. The monoisotopic (exact) mass is 158 g/mol. The lowest BCUT2D eigenvalue weighted by molar-refractivity contribution is -0.151. The second kappa shape index (κ2) is 3.48. The van der Waals surface area contributed by atoms with E-state index in [1.54, 1.807) is 0 Å². The predicted octanol–water partition coefficient (Wildman–Crippen LogP) is -0.0925. The van der Waals surface area contributed by atoms with Crippen LogP contribution in [0.1, 0.15) is 12.8 Å². The highest BCUT2D eigenvalue weighted by Crippen LogP contribution is 2.15. The van der Waals surface area contributed by atoms with Crippen LogP contribution in [0.15, 0.2) is 0 Å². The van der Waals surface area contributed by atoms with Crippen LogP contribution in [0.5, 0.6) is 0 Å². The number of methoxy groups -OCH3 is 1. The van der Waals surface area contributed by atoms with Crippen LogP contribution in [0.4, 0.5) is 0 Å². The van der Waals surface area contributed by atoms with Gasteiger partial charge in [0.15, 0.2) is 0 Å². The Kier molecular flexibility index (Phi) is 2.59. The van der Waals surface area contributed by atoms with Crippen molar-refractivity contribution >= 4 is 11.8 Å². The maximum Gasteiger partial charge on any atom is 0.374 e. The topological polar surface area (TPSA) is 55.9 Å². The molecule has 0 amide bonds. The lowest BCUT2D eigenvalue weighted by Crippen LogP contribution is -2.15. The molecule has 11 heavy (non-hydrogen) atoms. The van der Waals surface area contributed by atoms with Crippen LogP contribution < -0.4 is 0 Å². The third-order valence-corrected chi connectivity index (χ3v) is 1.51. The molecule has 1 saturated heterocycles. The zero-order chi connectivity index (χ0) is 8.27. The fourth-order valence-electron chi connectivity index (χ4n) is 0.743. The van der Waals surface area contributed by atoms with Crippen molar-refractivity contribution in [3.05, 3.63) is 0 Å². The fourth-order valence-corrected chi connectivity index (χ4v) is 0.743. The smallest absolute Gasteiger partial charge is 0.374 e. The Labute approximate surface area is 64.5 Å². The Bertz CT molecular complexity index is 171. The Morgan fingerprint density at radius 1 is 1.64 bits per heavy atom. The van der Waals surface area contributed by atoms with Crippen LogP contribution in [-0.4, -0.2) is 31.6 Å². The van der Waals surface area contributed by atoms with Crippen molar-refractivity contribution in [2.24, 2.45) is 0 Å². The van der Waals surface area contributed by atoms with Crippen molar-refractivity contribution in [1.82, 2.24) is 0 Å². The average molecular weight is 158 g/mol. The van der Waals surface area contributed by atoms with Crippen LogP contribution >= 0.6 is 0 Å². The van der Waals surface area contributed by atoms with E-state index in [9.17, 15) is 9.59 Å². The van der Waals surface area contributed by atoms with Crippen molar-refractivity contribution in [3.8, 4) is 0 Å². The molecule has 1 atom stereocenters. The molecule has 0 spiro atoms. The second-order valence-corrected chi connectivity index (χ2v) is 2.41. The molecule has 62 valence electrons. The molecule has 1 unspecified atom stereocenters. The first-order chi connectivity index (χ1) is 5.24. The minimum absolute atomic E-state index is 0.198. The molecule has 0 N–H and O–H groups in total. The van der Waals surface area contributed by atoms with Gasteiger partial charge in [-0.25, -0.2) is 4.79 Å². The number of esters is 1. The van der Waals surface area contributed by atoms with Gasteiger partial charge in [0.05, 0.1) is 19.8 Å². The van der Waals surface area contributed by atoms with Crippen LogP contribution in [-0.2, 0) is 19.1 Å². The first kappa shape index (κ1) is 8.20. The van der Waals surface area contributed by atoms with E-state index in [0.29, 0.717) is 13.0 Å². The Hall–Kier alpha value is -0.900. The summed E-state index contributed by atoms with van der Waals surface area (Å²) in [5.74, 6) is -1.23. The molecule has 1 rings (SSSR count). The van der Waals surface area contributed by atoms with E-state index >= 15 is 0 Å². The summed E-state index contributed by atoms with van der Waals surface area (Å²) in [4.78, 5) is 21.3. The molecular formula is C7H10O4. The van der Waals surface area contributed by atoms with Crippen LogP contribution in [0.2, 0.25) is 0 Å². The number of hydrogen-bond acceptors (Lipinski definition) is 4. The maximum absolute atomic E-state index is 10.8. The van der Waals surface area contributed by atoms with Gasteiger partial charge in [0.1, 0.15) is 0 Å². The van der Waals surface area contributed by atoms with E-state index in [4.69, 9.17) is 4.74 Å². The van der Waals surface area contributed by atoms with Crippen LogP contribution in [0, 0.1) is 0 Å². The number of rotatable bonds is 4. The highest BCUT2D eigenvalue weighted by Gasteiger charge is 2.24. The minimum Gasteiger partial charge on any atom is -0.463 e. The molecule has 1 fully saturated rings. The summed E-state index contributed by atoms with van der Waals surface area (Å²) in [6, 6.07) is 0. The molecule has 1 aliphatic rings. The van der Waals surface area contributed by atoms with Gasteiger partial charge < -0.3 is 9.47 Å². The van der Waals surface area contributed by atoms with Crippen molar-refractivity contribution in [3.63, 3.8) is 0 Å². The van der Waals surface area contributed by atoms with Gasteiger partial charge in [-0.1, -0.05) is 0 Å². The second-order valence-electron chi connectivity index (χ2n) is 2.41. The van der Waals surface area contributed by atoms with Gasteiger partial charge >= 0.3 is 5.97 Å². The van der Waals surface area contributed by atoms with Gasteiger partial charge in [-0.15, -0.1) is 0 Å². The van der Waals surface area contributed by atoms with E-state index in [1.807, 2.05) is 0 Å². The van der Waals surface area contributed by atoms with Gasteiger partial charge in [0.2, 0.25) is 5.78 Å². The summed E-state index contributed by atoms with van der Waals surface area (Å²) >= 11 is 0. The molecule has 0 bridgehead atoms. The molecule has 0 aromatic heterocycles. The molecule has 1 aliphatic heterocycles. The van der Waals surface area contributed by atoms with Gasteiger partial charge in [-0.05, 0) is 6.42 Å². The van der Waals surface area contributed by atoms with Crippen molar-refractivity contribution in [1.29, 1.82) is 0 Å². The van der Waals surface area contributed by atoms with Gasteiger partial charge in [-0.3, -0.25) is 4.79 Å². The van der Waals surface area contributed by atoms with Crippen LogP contribution in [0.25, 0.3) is 0 Å². The van der Waals surface area contributed by atoms with E-state index < -0.39 is 11.8 Å². The van der Waals surface area contributed by atoms with Gasteiger partial charge in [0, 0.05) is 6.42 Å². The highest BCUT2D eigenvalue weighted by atomic mass is 16.6. The fraction of sp³-hybridized carbons (Fsp3) is 0.714. The van der Waals surface area contributed by atoms with Crippen LogP contribution in [0.3, 0.4) is 0 Å². The molecule has 1 heterocycles. The van der Waals surface area contributed by atoms with E-state index in [0.717, 1.165) is 0 Å². The van der Waals surface area contributed by atoms with Crippen molar-refractivity contribution < 1.29 is 19.1 Å². The largest absolute Gasteiger partial charge is 0.463 e. The third kappa shape index (κ3) is 2.67. The summed E-state index contributed by atoms with van der Waals surface area (Å²) in [5.41, 5.74) is 0. The number of carbonyl (C=O) groups is 2. The molecule has 0 saturated carbocycles. The van der Waals surface area contributed by atoms with E-state index in [1.165, 1.54) is 7.11 Å². The van der Waals surface area contributed by atoms with Gasteiger partial charge in [0.25, 0.3) is 0 Å².